The van der Waals surface area contributed by atoms with Crippen molar-refractivity contribution < 1.29 is 4.74 Å². The van der Waals surface area contributed by atoms with E-state index in [0.717, 1.165) is 49.5 Å². The van der Waals surface area contributed by atoms with Gasteiger partial charge in [-0.3, -0.25) is 4.90 Å². The summed E-state index contributed by atoms with van der Waals surface area (Å²) < 4.78 is 5.39. The molecule has 2 aliphatic rings. The Balaban J connectivity index is 1.61. The van der Waals surface area contributed by atoms with Crippen LogP contribution in [0.3, 0.4) is 0 Å². The molecule has 5 nitrogen and oxygen atoms in total. The van der Waals surface area contributed by atoms with Crippen molar-refractivity contribution in [3.8, 4) is 0 Å². The van der Waals surface area contributed by atoms with Gasteiger partial charge in [-0.25, -0.2) is 4.98 Å². The molecule has 2 N–H and O–H groups in total. The van der Waals surface area contributed by atoms with E-state index in [2.05, 4.69) is 14.8 Å². The van der Waals surface area contributed by atoms with Gasteiger partial charge < -0.3 is 15.4 Å². The number of ether oxygens (including phenoxy) is 1. The van der Waals surface area contributed by atoms with E-state index < -0.39 is 0 Å². The lowest BCUT2D eigenvalue weighted by atomic mass is 10.2. The monoisotopic (exact) mass is 254 g/mol. The molecule has 0 bridgehead atoms. The molecular weight excluding hydrogens is 236 g/mol. The van der Waals surface area contributed by atoms with Crippen LogP contribution < -0.4 is 10.6 Å². The molecule has 0 aromatic carbocycles. The number of nitrogen functional groups attached to an aromatic ring is 1. The van der Waals surface area contributed by atoms with Crippen LogP contribution in [0.15, 0.2) is 6.20 Å². The molecule has 1 aromatic heterocycles. The Kier molecular flexibility index (Phi) is 3.17. The summed E-state index contributed by atoms with van der Waals surface area (Å²) in [6, 6.07) is 0.657. The molecule has 0 amide bonds. The predicted molar refractivity (Wildman–Crippen MR) is 69.5 cm³/mol. The van der Waals surface area contributed by atoms with Crippen LogP contribution in [0.4, 0.5) is 10.1 Å². The van der Waals surface area contributed by atoms with E-state index in [1.54, 1.807) is 17.5 Å². The fourth-order valence-corrected chi connectivity index (χ4v) is 3.30. The SMILES string of the molecule is Nc1cnc(N2CCC(N3CCOCC3)C2)s1. The van der Waals surface area contributed by atoms with Crippen LogP contribution in [-0.4, -0.2) is 55.3 Å². The topological polar surface area (TPSA) is 54.6 Å². The van der Waals surface area contributed by atoms with Crippen LogP contribution in [-0.2, 0) is 4.74 Å². The number of anilines is 2. The molecule has 2 saturated heterocycles. The van der Waals surface area contributed by atoms with E-state index in [1.807, 2.05) is 0 Å². The third-order valence-corrected chi connectivity index (χ3v) is 4.39. The Hall–Kier alpha value is -0.850. The molecule has 17 heavy (non-hydrogen) atoms. The maximum atomic E-state index is 5.73. The van der Waals surface area contributed by atoms with Crippen molar-refractivity contribution in [1.29, 1.82) is 0 Å². The van der Waals surface area contributed by atoms with Crippen LogP contribution in [0.1, 0.15) is 6.42 Å². The van der Waals surface area contributed by atoms with Gasteiger partial charge in [0.15, 0.2) is 5.13 Å². The highest BCUT2D eigenvalue weighted by Gasteiger charge is 2.29. The van der Waals surface area contributed by atoms with Crippen LogP contribution in [0.2, 0.25) is 0 Å². The Morgan fingerprint density at radius 3 is 2.88 bits per heavy atom. The summed E-state index contributed by atoms with van der Waals surface area (Å²) in [7, 11) is 0. The lowest BCUT2D eigenvalue weighted by molar-refractivity contribution is 0.0209. The molecule has 6 heteroatoms. The number of hydrogen-bond donors (Lipinski definition) is 1. The van der Waals surface area contributed by atoms with Crippen molar-refractivity contribution in [1.82, 2.24) is 9.88 Å². The molecule has 3 heterocycles. The standard InChI is InChI=1S/C11H18N4OS/c12-10-7-13-11(17-10)15-2-1-9(8-15)14-3-5-16-6-4-14/h7,9H,1-6,8,12H2. The van der Waals surface area contributed by atoms with Gasteiger partial charge in [-0.15, -0.1) is 0 Å². The number of nitrogens with two attached hydrogens (primary N) is 1. The smallest absolute Gasteiger partial charge is 0.187 e. The molecule has 0 aliphatic carbocycles. The third-order valence-electron chi connectivity index (χ3n) is 3.51. The number of hydrogen-bond acceptors (Lipinski definition) is 6. The summed E-state index contributed by atoms with van der Waals surface area (Å²) in [6.45, 7) is 6.06. The Bertz CT molecular complexity index is 377. The largest absolute Gasteiger partial charge is 0.389 e. The molecule has 0 spiro atoms. The number of rotatable bonds is 2. The molecule has 1 unspecified atom stereocenters. The molecule has 1 atom stereocenters. The summed E-state index contributed by atoms with van der Waals surface area (Å²) in [5, 5.41) is 1.87. The van der Waals surface area contributed by atoms with Crippen molar-refractivity contribution in [3.05, 3.63) is 6.20 Å². The summed E-state index contributed by atoms with van der Waals surface area (Å²) in [5.74, 6) is 0. The van der Waals surface area contributed by atoms with Gasteiger partial charge >= 0.3 is 0 Å². The van der Waals surface area contributed by atoms with Gasteiger partial charge in [-0.1, -0.05) is 11.3 Å². The first-order valence-corrected chi connectivity index (χ1v) is 6.92. The zero-order valence-electron chi connectivity index (χ0n) is 9.84. The molecule has 0 radical (unpaired) electrons. The quantitative estimate of drug-likeness (QED) is 0.839. The number of aromatic nitrogens is 1. The van der Waals surface area contributed by atoms with Crippen LogP contribution >= 0.6 is 11.3 Å². The summed E-state index contributed by atoms with van der Waals surface area (Å²) >= 11 is 1.58. The number of morpholine rings is 1. The Morgan fingerprint density at radius 2 is 2.18 bits per heavy atom. The van der Waals surface area contributed by atoms with Gasteiger partial charge in [0.05, 0.1) is 19.4 Å². The molecule has 2 fully saturated rings. The zero-order valence-corrected chi connectivity index (χ0v) is 10.7. The summed E-state index contributed by atoms with van der Waals surface area (Å²) in [5.41, 5.74) is 5.73. The van der Waals surface area contributed by atoms with Gasteiger partial charge in [0.25, 0.3) is 0 Å². The maximum absolute atomic E-state index is 5.73. The van der Waals surface area contributed by atoms with Gasteiger partial charge in [-0.2, -0.15) is 0 Å². The van der Waals surface area contributed by atoms with Crippen molar-refractivity contribution in [2.75, 3.05) is 50.0 Å². The Morgan fingerprint density at radius 1 is 1.35 bits per heavy atom. The highest BCUT2D eigenvalue weighted by molar-refractivity contribution is 7.19. The minimum absolute atomic E-state index is 0.657. The van der Waals surface area contributed by atoms with E-state index in [1.165, 1.54) is 6.42 Å². The molecule has 2 aliphatic heterocycles. The second kappa shape index (κ2) is 4.80. The first-order valence-electron chi connectivity index (χ1n) is 6.11. The van der Waals surface area contributed by atoms with Crippen molar-refractivity contribution in [3.63, 3.8) is 0 Å². The first kappa shape index (κ1) is 11.3. The highest BCUT2D eigenvalue weighted by atomic mass is 32.1. The van der Waals surface area contributed by atoms with Gasteiger partial charge in [0.2, 0.25) is 0 Å². The van der Waals surface area contributed by atoms with Gasteiger partial charge in [0.1, 0.15) is 5.00 Å². The van der Waals surface area contributed by atoms with Gasteiger partial charge in [0, 0.05) is 32.2 Å². The van der Waals surface area contributed by atoms with E-state index in [0.29, 0.717) is 6.04 Å². The van der Waals surface area contributed by atoms with E-state index in [4.69, 9.17) is 10.5 Å². The second-order valence-electron chi connectivity index (χ2n) is 4.58. The van der Waals surface area contributed by atoms with Gasteiger partial charge in [-0.05, 0) is 6.42 Å². The normalized spacial score (nSPS) is 26.6. The minimum Gasteiger partial charge on any atom is -0.389 e. The average molecular weight is 254 g/mol. The molecular formula is C11H18N4OS. The molecule has 3 rings (SSSR count). The van der Waals surface area contributed by atoms with Crippen LogP contribution in [0, 0.1) is 0 Å². The summed E-state index contributed by atoms with van der Waals surface area (Å²) in [6.07, 6.45) is 2.97. The number of thiazole rings is 1. The molecule has 1 aromatic rings. The lowest BCUT2D eigenvalue weighted by Gasteiger charge is -2.32. The zero-order chi connectivity index (χ0) is 11.7. The fraction of sp³-hybridized carbons (Fsp3) is 0.727. The van der Waals surface area contributed by atoms with Crippen molar-refractivity contribution in [2.45, 2.75) is 12.5 Å². The van der Waals surface area contributed by atoms with E-state index in [-0.39, 0.29) is 0 Å². The predicted octanol–water partition coefficient (Wildman–Crippen LogP) is 0.636. The second-order valence-corrected chi connectivity index (χ2v) is 5.62. The average Bonchev–Trinajstić information content (AvgIpc) is 2.98. The van der Waals surface area contributed by atoms with Crippen LogP contribution in [0.5, 0.6) is 0 Å². The van der Waals surface area contributed by atoms with Crippen molar-refractivity contribution >= 4 is 21.5 Å². The summed E-state index contributed by atoms with van der Waals surface area (Å²) in [4.78, 5) is 9.24. The van der Waals surface area contributed by atoms with Crippen molar-refractivity contribution in [2.24, 2.45) is 0 Å². The highest BCUT2D eigenvalue weighted by Crippen LogP contribution is 2.28. The van der Waals surface area contributed by atoms with Crippen LogP contribution in [0.25, 0.3) is 0 Å². The molecule has 0 saturated carbocycles. The lowest BCUT2D eigenvalue weighted by Crippen LogP contribution is -2.44. The van der Waals surface area contributed by atoms with E-state index in [9.17, 15) is 0 Å². The molecule has 94 valence electrons. The fourth-order valence-electron chi connectivity index (χ4n) is 2.58. The minimum atomic E-state index is 0.657. The Labute approximate surface area is 105 Å². The first-order chi connectivity index (χ1) is 8.33. The maximum Gasteiger partial charge on any atom is 0.187 e. The third kappa shape index (κ3) is 2.38. The number of nitrogens with zero attached hydrogens (tertiary/aromatic N) is 3. The van der Waals surface area contributed by atoms with E-state index >= 15 is 0 Å².